The number of aryl methyl sites for hydroxylation is 1. The van der Waals surface area contributed by atoms with Crippen LogP contribution in [0.3, 0.4) is 0 Å². The number of amides is 1. The predicted molar refractivity (Wildman–Crippen MR) is 138 cm³/mol. The first-order valence-corrected chi connectivity index (χ1v) is 12.7. The molecule has 9 nitrogen and oxygen atoms in total. The van der Waals surface area contributed by atoms with Crippen molar-refractivity contribution in [1.82, 2.24) is 4.98 Å². The highest BCUT2D eigenvalue weighted by Gasteiger charge is 2.45. The van der Waals surface area contributed by atoms with Crippen LogP contribution in [0.25, 0.3) is 11.0 Å². The van der Waals surface area contributed by atoms with Crippen molar-refractivity contribution in [2.45, 2.75) is 26.8 Å². The third-order valence-corrected chi connectivity index (χ3v) is 7.22. The van der Waals surface area contributed by atoms with Crippen molar-refractivity contribution in [3.05, 3.63) is 79.9 Å². The molecule has 2 aromatic heterocycles. The van der Waals surface area contributed by atoms with Gasteiger partial charge in [-0.3, -0.25) is 14.5 Å². The lowest BCUT2D eigenvalue weighted by Gasteiger charge is -2.23. The molecule has 0 radical (unpaired) electrons. The second-order valence-corrected chi connectivity index (χ2v) is 9.34. The van der Waals surface area contributed by atoms with Gasteiger partial charge in [-0.25, -0.2) is 14.2 Å². The molecule has 196 valence electrons. The van der Waals surface area contributed by atoms with Gasteiger partial charge in [0, 0.05) is 0 Å². The average Bonchev–Trinajstić information content (AvgIpc) is 3.42. The maximum atomic E-state index is 14.1. The number of carbonyl (C=O) groups excluding carboxylic acids is 2. The number of fused-ring (bicyclic) bond motifs is 2. The molecule has 0 spiro atoms. The Morgan fingerprint density at radius 2 is 1.92 bits per heavy atom. The molecule has 1 aliphatic rings. The number of halogens is 1. The fraction of sp³-hybridized carbons (Fsp3) is 0.259. The number of esters is 1. The highest BCUT2D eigenvalue weighted by atomic mass is 32.1. The summed E-state index contributed by atoms with van der Waals surface area (Å²) in [4.78, 5) is 46.0. The molecule has 1 atom stereocenters. The Labute approximate surface area is 220 Å². The summed E-state index contributed by atoms with van der Waals surface area (Å²) < 4.78 is 36.2. The molecule has 3 heterocycles. The van der Waals surface area contributed by atoms with Gasteiger partial charge in [0.2, 0.25) is 5.76 Å². The standard InChI is InChI=1S/C27H23FN2O7S/c1-5-35-18-9-7-14(11-19(18)34-4)21-20-22(31)16-12-15(28)8-10-17(16)37-23(20)25(32)30(21)27-29-13(3)24(38-27)26(33)36-6-2/h7-12,21H,5-6H2,1-4H3. The third kappa shape index (κ3) is 4.08. The first-order valence-electron chi connectivity index (χ1n) is 11.8. The molecular weight excluding hydrogens is 515 g/mol. The van der Waals surface area contributed by atoms with Gasteiger partial charge in [-0.2, -0.15) is 0 Å². The lowest BCUT2D eigenvalue weighted by Crippen LogP contribution is -2.29. The number of anilines is 1. The molecule has 1 amide bonds. The van der Waals surface area contributed by atoms with Gasteiger partial charge in [0.05, 0.1) is 43.0 Å². The molecule has 0 bridgehead atoms. The van der Waals surface area contributed by atoms with E-state index in [1.807, 2.05) is 6.92 Å². The first-order chi connectivity index (χ1) is 18.3. The van der Waals surface area contributed by atoms with Crippen LogP contribution in [0.1, 0.15) is 56.9 Å². The number of benzene rings is 2. The lowest BCUT2D eigenvalue weighted by molar-refractivity contribution is 0.0531. The zero-order valence-electron chi connectivity index (χ0n) is 21.0. The van der Waals surface area contributed by atoms with Crippen LogP contribution >= 0.6 is 11.3 Å². The number of rotatable bonds is 7. The SMILES string of the molecule is CCOC(=O)c1sc(N2C(=O)c3oc4ccc(F)cc4c(=O)c3C2c2ccc(OCC)c(OC)c2)nc1C. The quantitative estimate of drug-likeness (QED) is 0.302. The maximum absolute atomic E-state index is 14.1. The molecule has 2 aromatic carbocycles. The smallest absolute Gasteiger partial charge is 0.350 e. The van der Waals surface area contributed by atoms with Crippen LogP contribution in [0.15, 0.2) is 45.6 Å². The van der Waals surface area contributed by atoms with E-state index in [0.717, 1.165) is 23.5 Å². The third-order valence-electron chi connectivity index (χ3n) is 6.09. The van der Waals surface area contributed by atoms with E-state index in [1.165, 1.54) is 18.1 Å². The van der Waals surface area contributed by atoms with Crippen LogP contribution in [-0.2, 0) is 4.74 Å². The second-order valence-electron chi connectivity index (χ2n) is 8.37. The summed E-state index contributed by atoms with van der Waals surface area (Å²) in [5.74, 6) is -1.10. The summed E-state index contributed by atoms with van der Waals surface area (Å²) in [6.07, 6.45) is 0. The minimum atomic E-state index is -0.994. The largest absolute Gasteiger partial charge is 0.493 e. The van der Waals surface area contributed by atoms with Gasteiger partial charge in [0.25, 0.3) is 5.91 Å². The summed E-state index contributed by atoms with van der Waals surface area (Å²) in [5, 5.41) is 0.179. The zero-order valence-corrected chi connectivity index (χ0v) is 21.8. The summed E-state index contributed by atoms with van der Waals surface area (Å²) in [6, 6.07) is 7.59. The molecule has 0 aliphatic carbocycles. The van der Waals surface area contributed by atoms with Crippen LogP contribution < -0.4 is 19.8 Å². The van der Waals surface area contributed by atoms with Crippen LogP contribution in [0.2, 0.25) is 0 Å². The summed E-state index contributed by atoms with van der Waals surface area (Å²) in [6.45, 7) is 5.74. The van der Waals surface area contributed by atoms with Crippen LogP contribution in [0.5, 0.6) is 11.5 Å². The Morgan fingerprint density at radius 1 is 1.13 bits per heavy atom. The Kier molecular flexibility index (Phi) is 6.62. The van der Waals surface area contributed by atoms with Crippen LogP contribution in [0, 0.1) is 12.7 Å². The van der Waals surface area contributed by atoms with Gasteiger partial charge in [0.15, 0.2) is 22.1 Å². The second kappa shape index (κ2) is 9.90. The molecular formula is C27H23FN2O7S. The van der Waals surface area contributed by atoms with Gasteiger partial charge >= 0.3 is 5.97 Å². The van der Waals surface area contributed by atoms with E-state index in [9.17, 15) is 18.8 Å². The van der Waals surface area contributed by atoms with Crippen molar-refractivity contribution < 1.29 is 32.6 Å². The Balaban J connectivity index is 1.76. The zero-order chi connectivity index (χ0) is 27.1. The van der Waals surface area contributed by atoms with Gasteiger partial charge in [0.1, 0.15) is 16.3 Å². The molecule has 11 heteroatoms. The molecule has 0 N–H and O–H groups in total. The van der Waals surface area contributed by atoms with E-state index >= 15 is 0 Å². The monoisotopic (exact) mass is 538 g/mol. The molecule has 38 heavy (non-hydrogen) atoms. The van der Waals surface area contributed by atoms with Crippen molar-refractivity contribution in [3.63, 3.8) is 0 Å². The summed E-state index contributed by atoms with van der Waals surface area (Å²) >= 11 is 0.971. The summed E-state index contributed by atoms with van der Waals surface area (Å²) in [5.41, 5.74) is 0.446. The fourth-order valence-corrected chi connectivity index (χ4v) is 5.45. The van der Waals surface area contributed by atoms with Gasteiger partial charge in [-0.15, -0.1) is 0 Å². The molecule has 0 saturated carbocycles. The molecule has 4 aromatic rings. The van der Waals surface area contributed by atoms with Gasteiger partial charge < -0.3 is 18.6 Å². The maximum Gasteiger partial charge on any atom is 0.350 e. The number of ether oxygens (including phenoxy) is 3. The lowest BCUT2D eigenvalue weighted by atomic mass is 9.98. The van der Waals surface area contributed by atoms with E-state index in [0.29, 0.717) is 29.4 Å². The van der Waals surface area contributed by atoms with E-state index < -0.39 is 29.2 Å². The number of carbonyl (C=O) groups is 2. The number of nitrogens with zero attached hydrogens (tertiary/aromatic N) is 2. The predicted octanol–water partition coefficient (Wildman–Crippen LogP) is 5.03. The number of aromatic nitrogens is 1. The average molecular weight is 539 g/mol. The Hall–Kier alpha value is -4.25. The molecule has 1 aliphatic heterocycles. The normalized spacial score (nSPS) is 14.6. The van der Waals surface area contributed by atoms with Gasteiger partial charge in [-0.05, 0) is 56.7 Å². The van der Waals surface area contributed by atoms with Crippen molar-refractivity contribution >= 4 is 39.3 Å². The van der Waals surface area contributed by atoms with Crippen molar-refractivity contribution in [2.75, 3.05) is 25.2 Å². The molecule has 1 unspecified atom stereocenters. The Morgan fingerprint density at radius 3 is 2.63 bits per heavy atom. The minimum Gasteiger partial charge on any atom is -0.493 e. The number of methoxy groups -OCH3 is 1. The van der Waals surface area contributed by atoms with Crippen LogP contribution in [-0.4, -0.2) is 37.2 Å². The van der Waals surface area contributed by atoms with Crippen LogP contribution in [0.4, 0.5) is 9.52 Å². The highest BCUT2D eigenvalue weighted by Crippen LogP contribution is 2.44. The molecule has 0 saturated heterocycles. The topological polar surface area (TPSA) is 108 Å². The van der Waals surface area contributed by atoms with Gasteiger partial charge in [-0.1, -0.05) is 17.4 Å². The summed E-state index contributed by atoms with van der Waals surface area (Å²) in [7, 11) is 1.48. The van der Waals surface area contributed by atoms with Crippen molar-refractivity contribution in [1.29, 1.82) is 0 Å². The number of hydrogen-bond donors (Lipinski definition) is 0. The van der Waals surface area contributed by atoms with E-state index in [1.54, 1.807) is 32.0 Å². The van der Waals surface area contributed by atoms with Crippen molar-refractivity contribution in [3.8, 4) is 11.5 Å². The number of thiazole rings is 1. The molecule has 0 fully saturated rings. The molecule has 5 rings (SSSR count). The van der Waals surface area contributed by atoms with E-state index in [4.69, 9.17) is 18.6 Å². The number of hydrogen-bond acceptors (Lipinski definition) is 9. The fourth-order valence-electron chi connectivity index (χ4n) is 4.46. The highest BCUT2D eigenvalue weighted by molar-refractivity contribution is 7.17. The van der Waals surface area contributed by atoms with Crippen molar-refractivity contribution in [2.24, 2.45) is 0 Å². The Bertz CT molecular complexity index is 1640. The minimum absolute atomic E-state index is 0.00355. The first kappa shape index (κ1) is 25.4. The van der Waals surface area contributed by atoms with E-state index in [-0.39, 0.29) is 38.9 Å². The van der Waals surface area contributed by atoms with E-state index in [2.05, 4.69) is 4.98 Å².